The molecule has 2 aliphatic heterocycles. The summed E-state index contributed by atoms with van der Waals surface area (Å²) in [5.74, 6) is 0.415. The van der Waals surface area contributed by atoms with Crippen LogP contribution in [0.2, 0.25) is 0 Å². The van der Waals surface area contributed by atoms with E-state index in [0.29, 0.717) is 19.6 Å². The van der Waals surface area contributed by atoms with Crippen LogP contribution in [0.25, 0.3) is 0 Å². The molecule has 2 heterocycles. The third-order valence-electron chi connectivity index (χ3n) is 5.44. The molecule has 0 saturated carbocycles. The Labute approximate surface area is 155 Å². The molecule has 2 fully saturated rings. The first-order chi connectivity index (χ1) is 12.5. The van der Waals surface area contributed by atoms with E-state index in [1.54, 1.807) is 0 Å². The van der Waals surface area contributed by atoms with Crippen molar-refractivity contribution in [1.29, 1.82) is 0 Å². The van der Waals surface area contributed by atoms with Crippen molar-refractivity contribution < 1.29 is 9.59 Å². The number of nitrogens with zero attached hydrogens (tertiary/aromatic N) is 2. The highest BCUT2D eigenvalue weighted by atomic mass is 16.2. The van der Waals surface area contributed by atoms with Gasteiger partial charge in [0.2, 0.25) is 11.8 Å². The predicted octanol–water partition coefficient (Wildman–Crippen LogP) is 1.39. The van der Waals surface area contributed by atoms with Gasteiger partial charge in [-0.15, -0.1) is 0 Å². The number of carbonyl (C=O) groups excluding carboxylic acids is 2. The van der Waals surface area contributed by atoms with E-state index in [4.69, 9.17) is 0 Å². The summed E-state index contributed by atoms with van der Waals surface area (Å²) in [7, 11) is 0. The number of amides is 2. The summed E-state index contributed by atoms with van der Waals surface area (Å²) in [5.41, 5.74) is 3.07. The standard InChI is InChI=1S/C20H30N4O2/c1-15-5-3-6-16(2)19(15)22-18(25)14-23-9-11-24(12-10-23)20(26)17-7-4-8-21-13-17/h3,5-6,17,21H,4,7-14H2,1-2H3,(H,22,25). The number of benzene rings is 1. The molecule has 1 unspecified atom stereocenters. The number of piperazine rings is 1. The number of hydrogen-bond acceptors (Lipinski definition) is 4. The van der Waals surface area contributed by atoms with Gasteiger partial charge in [0.1, 0.15) is 0 Å². The molecule has 6 heteroatoms. The van der Waals surface area contributed by atoms with Crippen LogP contribution in [0.5, 0.6) is 0 Å². The predicted molar refractivity (Wildman–Crippen MR) is 103 cm³/mol. The van der Waals surface area contributed by atoms with E-state index >= 15 is 0 Å². The maximum atomic E-state index is 12.6. The molecule has 1 atom stereocenters. The summed E-state index contributed by atoms with van der Waals surface area (Å²) >= 11 is 0. The number of para-hydroxylation sites is 1. The van der Waals surface area contributed by atoms with Gasteiger partial charge in [-0.05, 0) is 44.4 Å². The molecule has 142 valence electrons. The SMILES string of the molecule is Cc1cccc(C)c1NC(=O)CN1CCN(C(=O)C2CCCNC2)CC1. The van der Waals surface area contributed by atoms with Crippen LogP contribution in [0.15, 0.2) is 18.2 Å². The van der Waals surface area contributed by atoms with Gasteiger partial charge in [-0.2, -0.15) is 0 Å². The van der Waals surface area contributed by atoms with Gasteiger partial charge in [-0.3, -0.25) is 14.5 Å². The number of nitrogens with one attached hydrogen (secondary N) is 2. The molecule has 26 heavy (non-hydrogen) atoms. The third kappa shape index (κ3) is 4.62. The first-order valence-electron chi connectivity index (χ1n) is 9.62. The highest BCUT2D eigenvalue weighted by Crippen LogP contribution is 2.19. The van der Waals surface area contributed by atoms with Crippen molar-refractivity contribution in [3.8, 4) is 0 Å². The van der Waals surface area contributed by atoms with Crippen molar-refractivity contribution in [2.45, 2.75) is 26.7 Å². The molecular weight excluding hydrogens is 328 g/mol. The molecule has 0 radical (unpaired) electrons. The monoisotopic (exact) mass is 358 g/mol. The zero-order chi connectivity index (χ0) is 18.5. The van der Waals surface area contributed by atoms with E-state index in [9.17, 15) is 9.59 Å². The van der Waals surface area contributed by atoms with E-state index in [2.05, 4.69) is 15.5 Å². The van der Waals surface area contributed by atoms with E-state index in [1.807, 2.05) is 36.9 Å². The lowest BCUT2D eigenvalue weighted by molar-refractivity contribution is -0.138. The Morgan fingerprint density at radius 2 is 1.85 bits per heavy atom. The number of piperidine rings is 1. The molecule has 2 aliphatic rings. The number of hydrogen-bond donors (Lipinski definition) is 2. The molecule has 2 N–H and O–H groups in total. The average Bonchev–Trinajstić information content (AvgIpc) is 2.66. The molecule has 0 aromatic heterocycles. The van der Waals surface area contributed by atoms with Gasteiger partial charge in [0.15, 0.2) is 0 Å². The van der Waals surface area contributed by atoms with Crippen molar-refractivity contribution in [2.24, 2.45) is 5.92 Å². The maximum Gasteiger partial charge on any atom is 0.238 e. The number of carbonyl (C=O) groups is 2. The average molecular weight is 358 g/mol. The van der Waals surface area contributed by atoms with Crippen LogP contribution in [0.3, 0.4) is 0 Å². The van der Waals surface area contributed by atoms with E-state index in [1.165, 1.54) is 0 Å². The second-order valence-corrected chi connectivity index (χ2v) is 7.46. The minimum absolute atomic E-state index is 0.0126. The Balaban J connectivity index is 1.46. The Morgan fingerprint density at radius 3 is 2.46 bits per heavy atom. The maximum absolute atomic E-state index is 12.6. The first-order valence-corrected chi connectivity index (χ1v) is 9.62. The van der Waals surface area contributed by atoms with E-state index < -0.39 is 0 Å². The van der Waals surface area contributed by atoms with Gasteiger partial charge in [0.05, 0.1) is 12.5 Å². The van der Waals surface area contributed by atoms with Gasteiger partial charge in [-0.25, -0.2) is 0 Å². The molecule has 2 amide bonds. The Hall–Kier alpha value is -1.92. The van der Waals surface area contributed by atoms with Gasteiger partial charge in [0, 0.05) is 38.4 Å². The second-order valence-electron chi connectivity index (χ2n) is 7.46. The Bertz CT molecular complexity index is 627. The molecule has 2 saturated heterocycles. The first kappa shape index (κ1) is 18.9. The zero-order valence-electron chi connectivity index (χ0n) is 15.9. The molecular formula is C20H30N4O2. The van der Waals surface area contributed by atoms with Crippen LogP contribution in [0.4, 0.5) is 5.69 Å². The van der Waals surface area contributed by atoms with Crippen LogP contribution in [-0.2, 0) is 9.59 Å². The van der Waals surface area contributed by atoms with Gasteiger partial charge in [-0.1, -0.05) is 18.2 Å². The number of rotatable bonds is 4. The normalized spacial score (nSPS) is 21.5. The number of anilines is 1. The summed E-state index contributed by atoms with van der Waals surface area (Å²) in [5, 5.41) is 6.35. The van der Waals surface area contributed by atoms with Gasteiger partial charge < -0.3 is 15.5 Å². The summed E-state index contributed by atoms with van der Waals surface area (Å²) in [6, 6.07) is 6.01. The molecule has 3 rings (SSSR count). The van der Waals surface area contributed by atoms with E-state index in [-0.39, 0.29) is 17.7 Å². The van der Waals surface area contributed by atoms with Crippen molar-refractivity contribution in [3.05, 3.63) is 29.3 Å². The summed E-state index contributed by atoms with van der Waals surface area (Å²) in [6.07, 6.45) is 2.07. The minimum atomic E-state index is 0.0126. The highest BCUT2D eigenvalue weighted by molar-refractivity contribution is 5.93. The van der Waals surface area contributed by atoms with Crippen LogP contribution in [0, 0.1) is 19.8 Å². The topological polar surface area (TPSA) is 64.7 Å². The van der Waals surface area contributed by atoms with Crippen molar-refractivity contribution in [3.63, 3.8) is 0 Å². The highest BCUT2D eigenvalue weighted by Gasteiger charge is 2.28. The van der Waals surface area contributed by atoms with Crippen molar-refractivity contribution >= 4 is 17.5 Å². The summed E-state index contributed by atoms with van der Waals surface area (Å²) in [4.78, 5) is 29.1. The molecule has 0 spiro atoms. The van der Waals surface area contributed by atoms with Crippen molar-refractivity contribution in [1.82, 2.24) is 15.1 Å². The Kier molecular flexibility index (Phi) is 6.27. The van der Waals surface area contributed by atoms with E-state index in [0.717, 1.165) is 55.8 Å². The quantitative estimate of drug-likeness (QED) is 0.854. The fourth-order valence-corrected chi connectivity index (χ4v) is 3.84. The summed E-state index contributed by atoms with van der Waals surface area (Å²) < 4.78 is 0. The van der Waals surface area contributed by atoms with Crippen LogP contribution in [-0.4, -0.2) is 67.4 Å². The van der Waals surface area contributed by atoms with Crippen LogP contribution < -0.4 is 10.6 Å². The minimum Gasteiger partial charge on any atom is -0.340 e. The van der Waals surface area contributed by atoms with Gasteiger partial charge in [0.25, 0.3) is 0 Å². The smallest absolute Gasteiger partial charge is 0.238 e. The Morgan fingerprint density at radius 1 is 1.15 bits per heavy atom. The van der Waals surface area contributed by atoms with Crippen molar-refractivity contribution in [2.75, 3.05) is 51.1 Å². The molecule has 0 bridgehead atoms. The third-order valence-corrected chi connectivity index (χ3v) is 5.44. The second kappa shape index (κ2) is 8.64. The lowest BCUT2D eigenvalue weighted by Gasteiger charge is -2.37. The van der Waals surface area contributed by atoms with Crippen LogP contribution >= 0.6 is 0 Å². The fourth-order valence-electron chi connectivity index (χ4n) is 3.84. The fraction of sp³-hybridized carbons (Fsp3) is 0.600. The molecule has 6 nitrogen and oxygen atoms in total. The largest absolute Gasteiger partial charge is 0.340 e. The van der Waals surface area contributed by atoms with Gasteiger partial charge >= 0.3 is 0 Å². The lowest BCUT2D eigenvalue weighted by atomic mass is 9.98. The molecule has 1 aromatic rings. The zero-order valence-corrected chi connectivity index (χ0v) is 15.9. The lowest BCUT2D eigenvalue weighted by Crippen LogP contribution is -2.53. The summed E-state index contributed by atoms with van der Waals surface area (Å²) in [6.45, 7) is 9.15. The number of aryl methyl sites for hydroxylation is 2. The van der Waals surface area contributed by atoms with Crippen LogP contribution in [0.1, 0.15) is 24.0 Å². The molecule has 0 aliphatic carbocycles. The molecule has 1 aromatic carbocycles.